The summed E-state index contributed by atoms with van der Waals surface area (Å²) in [5.41, 5.74) is 0. The van der Waals surface area contributed by atoms with Gasteiger partial charge in [0.1, 0.15) is 19.8 Å². The normalized spacial score (nSPS) is 14.4. The van der Waals surface area contributed by atoms with E-state index in [9.17, 15) is 19.0 Å². The van der Waals surface area contributed by atoms with Gasteiger partial charge in [0.25, 0.3) is 7.82 Å². The number of phosphoric ester groups is 1. The molecule has 0 aliphatic rings. The summed E-state index contributed by atoms with van der Waals surface area (Å²) in [6, 6.07) is 0. The lowest BCUT2D eigenvalue weighted by Gasteiger charge is -2.28. The van der Waals surface area contributed by atoms with Gasteiger partial charge in [-0.25, -0.2) is 0 Å². The molecule has 0 aromatic heterocycles. The zero-order valence-corrected chi connectivity index (χ0v) is 40.0. The van der Waals surface area contributed by atoms with Crippen LogP contribution in [0.5, 0.6) is 0 Å². The molecule has 0 fully saturated rings. The standard InChI is InChI=1S/C51H86NO8P/c1-6-8-10-12-14-16-18-20-22-24-26-28-30-32-34-36-38-40-42-44-51(54)60-49(48-59-61(55,56)58-46-45-52(3,4)5)47-57-50(53)43-41-39-37-35-33-31-29-27-25-23-21-19-17-15-13-11-9-7-2/h8,10,14,16-17,19-20,22-23,25-26,28,32,34,38,40,49H,6-7,9,11-13,15,18,21,24,27,29-31,33,35-37,39,41-48H2,1-5H3/b10-8-,16-14-,19-17-,22-20-,25-23-,28-26-,34-32-,40-38-. The number of unbranched alkanes of at least 4 members (excludes halogenated alkanes) is 11. The number of likely N-dealkylation sites (N-methyl/N-ethyl adjacent to an activating group) is 1. The van der Waals surface area contributed by atoms with Crippen LogP contribution in [0, 0.1) is 0 Å². The van der Waals surface area contributed by atoms with E-state index >= 15 is 0 Å². The lowest BCUT2D eigenvalue weighted by Crippen LogP contribution is -2.37. The van der Waals surface area contributed by atoms with Crippen molar-refractivity contribution in [2.24, 2.45) is 0 Å². The van der Waals surface area contributed by atoms with E-state index in [0.717, 1.165) is 70.6 Å². The Labute approximate surface area is 373 Å². The molecule has 0 aliphatic heterocycles. The highest BCUT2D eigenvalue weighted by molar-refractivity contribution is 7.45. The maximum absolute atomic E-state index is 12.7. The van der Waals surface area contributed by atoms with Crippen LogP contribution < -0.4 is 4.89 Å². The SMILES string of the molecule is CC/C=C\C/C=C\C/C=C\C/C=C\C/C=C\C/C=C\CCC(=O)OC(COC(=O)CCCCCCCCC/C=C\C/C=C\CCCCCC)COP(=O)([O-])OCC[N+](C)(C)C. The van der Waals surface area contributed by atoms with Gasteiger partial charge in [-0.15, -0.1) is 0 Å². The fourth-order valence-corrected chi connectivity index (χ4v) is 6.44. The molecule has 0 N–H and O–H groups in total. The second-order valence-corrected chi connectivity index (χ2v) is 17.8. The molecule has 10 heteroatoms. The number of carbonyl (C=O) groups excluding carboxylic acids is 2. The van der Waals surface area contributed by atoms with Gasteiger partial charge in [0.2, 0.25) is 0 Å². The number of carbonyl (C=O) groups is 2. The van der Waals surface area contributed by atoms with Gasteiger partial charge in [-0.3, -0.25) is 14.2 Å². The minimum atomic E-state index is -4.66. The van der Waals surface area contributed by atoms with Crippen LogP contribution in [0.1, 0.15) is 162 Å². The highest BCUT2D eigenvalue weighted by Crippen LogP contribution is 2.38. The summed E-state index contributed by atoms with van der Waals surface area (Å²) in [6.07, 6.45) is 55.9. The molecule has 0 aliphatic carbocycles. The second kappa shape index (κ2) is 42.2. The van der Waals surface area contributed by atoms with Gasteiger partial charge in [-0.2, -0.15) is 0 Å². The van der Waals surface area contributed by atoms with Crippen LogP contribution in [0.25, 0.3) is 0 Å². The largest absolute Gasteiger partial charge is 0.756 e. The first kappa shape index (κ1) is 57.9. The second-order valence-electron chi connectivity index (χ2n) is 16.4. The van der Waals surface area contributed by atoms with Gasteiger partial charge in [-0.05, 0) is 83.5 Å². The van der Waals surface area contributed by atoms with Crippen molar-refractivity contribution in [3.63, 3.8) is 0 Å². The molecular formula is C51H86NO8P. The summed E-state index contributed by atoms with van der Waals surface area (Å²) < 4.78 is 33.8. The Morgan fingerprint density at radius 3 is 1.46 bits per heavy atom. The fraction of sp³-hybridized carbons (Fsp3) is 0.647. The molecule has 0 saturated heterocycles. The van der Waals surface area contributed by atoms with Crippen LogP contribution in [0.3, 0.4) is 0 Å². The smallest absolute Gasteiger partial charge is 0.306 e. The number of hydrogen-bond acceptors (Lipinski definition) is 8. The minimum absolute atomic E-state index is 0.0512. The first-order valence-electron chi connectivity index (χ1n) is 23.4. The molecule has 2 unspecified atom stereocenters. The third kappa shape index (κ3) is 46.3. The van der Waals surface area contributed by atoms with Crippen molar-refractivity contribution in [3.05, 3.63) is 97.2 Å². The highest BCUT2D eigenvalue weighted by atomic mass is 31.2. The number of phosphoric acid groups is 1. The van der Waals surface area contributed by atoms with Crippen LogP contribution in [0.2, 0.25) is 0 Å². The number of nitrogens with zero attached hydrogens (tertiary/aromatic N) is 1. The van der Waals surface area contributed by atoms with Crippen molar-refractivity contribution in [2.45, 2.75) is 168 Å². The molecule has 0 bridgehead atoms. The fourth-order valence-electron chi connectivity index (χ4n) is 5.71. The van der Waals surface area contributed by atoms with Crippen molar-refractivity contribution in [3.8, 4) is 0 Å². The van der Waals surface area contributed by atoms with Crippen LogP contribution in [-0.2, 0) is 32.7 Å². The van der Waals surface area contributed by atoms with Crippen LogP contribution in [-0.4, -0.2) is 70.0 Å². The summed E-state index contributed by atoms with van der Waals surface area (Å²) >= 11 is 0. The number of hydrogen-bond donors (Lipinski definition) is 0. The van der Waals surface area contributed by atoms with E-state index in [1.165, 1.54) is 51.4 Å². The molecule has 2 atom stereocenters. The zero-order valence-electron chi connectivity index (χ0n) is 39.1. The van der Waals surface area contributed by atoms with Gasteiger partial charge in [0.05, 0.1) is 27.7 Å². The quantitative estimate of drug-likeness (QED) is 0.0196. The van der Waals surface area contributed by atoms with Gasteiger partial charge >= 0.3 is 11.9 Å². The average Bonchev–Trinajstić information content (AvgIpc) is 3.21. The molecule has 0 aromatic carbocycles. The van der Waals surface area contributed by atoms with Gasteiger partial charge in [0, 0.05) is 12.8 Å². The van der Waals surface area contributed by atoms with E-state index in [1.54, 1.807) is 0 Å². The maximum atomic E-state index is 12.7. The Bertz CT molecular complexity index is 1350. The first-order valence-corrected chi connectivity index (χ1v) is 24.9. The molecule has 0 amide bonds. The molecule has 0 aromatic rings. The van der Waals surface area contributed by atoms with E-state index in [-0.39, 0.29) is 26.1 Å². The van der Waals surface area contributed by atoms with Gasteiger partial charge < -0.3 is 27.9 Å². The third-order valence-corrected chi connectivity index (χ3v) is 10.3. The monoisotopic (exact) mass is 872 g/mol. The van der Waals surface area contributed by atoms with E-state index < -0.39 is 32.5 Å². The number of allylic oxidation sites excluding steroid dienone is 16. The molecule has 0 radical (unpaired) electrons. The molecule has 0 rings (SSSR count). The summed E-state index contributed by atoms with van der Waals surface area (Å²) in [7, 11) is 1.10. The Hall–Kier alpha value is -3.07. The van der Waals surface area contributed by atoms with Crippen molar-refractivity contribution in [1.29, 1.82) is 0 Å². The molecule has 0 saturated carbocycles. The van der Waals surface area contributed by atoms with Crippen LogP contribution in [0.15, 0.2) is 97.2 Å². The predicted molar refractivity (Wildman–Crippen MR) is 254 cm³/mol. The Kier molecular flexibility index (Phi) is 40.1. The van der Waals surface area contributed by atoms with Gasteiger partial charge in [-0.1, -0.05) is 162 Å². The topological polar surface area (TPSA) is 111 Å². The summed E-state index contributed by atoms with van der Waals surface area (Å²) in [6.45, 7) is 3.98. The molecule has 348 valence electrons. The molecule has 9 nitrogen and oxygen atoms in total. The number of esters is 2. The van der Waals surface area contributed by atoms with E-state index in [1.807, 2.05) is 33.3 Å². The number of quaternary nitrogens is 1. The number of rotatable bonds is 41. The molecule has 0 spiro atoms. The van der Waals surface area contributed by atoms with Crippen molar-refractivity contribution in [1.82, 2.24) is 0 Å². The molecule has 0 heterocycles. The summed E-state index contributed by atoms with van der Waals surface area (Å²) in [5.74, 6) is -0.950. The van der Waals surface area contributed by atoms with Crippen LogP contribution >= 0.6 is 7.82 Å². The van der Waals surface area contributed by atoms with Crippen molar-refractivity contribution >= 4 is 19.8 Å². The minimum Gasteiger partial charge on any atom is -0.756 e. The van der Waals surface area contributed by atoms with E-state index in [4.69, 9.17) is 18.5 Å². The highest BCUT2D eigenvalue weighted by Gasteiger charge is 2.21. The lowest BCUT2D eigenvalue weighted by molar-refractivity contribution is -0.870. The molecule has 61 heavy (non-hydrogen) atoms. The van der Waals surface area contributed by atoms with E-state index in [2.05, 4.69) is 98.9 Å². The average molecular weight is 872 g/mol. The Morgan fingerprint density at radius 1 is 0.525 bits per heavy atom. The van der Waals surface area contributed by atoms with Crippen molar-refractivity contribution < 1.29 is 42.1 Å². The molecular weight excluding hydrogens is 786 g/mol. The maximum Gasteiger partial charge on any atom is 0.306 e. The Morgan fingerprint density at radius 2 is 0.967 bits per heavy atom. The predicted octanol–water partition coefficient (Wildman–Crippen LogP) is 13.1. The summed E-state index contributed by atoms with van der Waals surface area (Å²) in [5, 5.41) is 0. The zero-order chi connectivity index (χ0) is 45.0. The first-order chi connectivity index (χ1) is 29.5. The third-order valence-electron chi connectivity index (χ3n) is 9.35. The van der Waals surface area contributed by atoms with Crippen LogP contribution in [0.4, 0.5) is 0 Å². The lowest BCUT2D eigenvalue weighted by atomic mass is 10.1. The van der Waals surface area contributed by atoms with Gasteiger partial charge in [0.15, 0.2) is 6.10 Å². The summed E-state index contributed by atoms with van der Waals surface area (Å²) in [4.78, 5) is 37.6. The number of ether oxygens (including phenoxy) is 2. The van der Waals surface area contributed by atoms with E-state index in [0.29, 0.717) is 23.9 Å². The van der Waals surface area contributed by atoms with Crippen molar-refractivity contribution in [2.75, 3.05) is 47.5 Å². The Balaban J connectivity index is 4.48.